The molecule has 7 nitrogen and oxygen atoms in total. The summed E-state index contributed by atoms with van der Waals surface area (Å²) in [6.07, 6.45) is 0. The summed E-state index contributed by atoms with van der Waals surface area (Å²) in [5, 5.41) is 9.55. The molecule has 1 aliphatic rings. The van der Waals surface area contributed by atoms with Gasteiger partial charge < -0.3 is 23.7 Å². The lowest BCUT2D eigenvalue weighted by atomic mass is 10.2. The molecule has 0 spiro atoms. The fourth-order valence-electron chi connectivity index (χ4n) is 3.55. The minimum Gasteiger partial charge on any atom is -0.493 e. The van der Waals surface area contributed by atoms with Crippen LogP contribution in [-0.2, 0) is 0 Å². The molecule has 154 valence electrons. The monoisotopic (exact) mass is 408 g/mol. The summed E-state index contributed by atoms with van der Waals surface area (Å²) in [4.78, 5) is 8.31. The average molecular weight is 408 g/mol. The highest BCUT2D eigenvalue weighted by Crippen LogP contribution is 2.35. The van der Waals surface area contributed by atoms with Crippen LogP contribution in [0.3, 0.4) is 0 Å². The molecule has 0 atom stereocenters. The molecule has 3 aromatic rings. The van der Waals surface area contributed by atoms with Crippen LogP contribution in [0.15, 0.2) is 46.9 Å². The van der Waals surface area contributed by atoms with Crippen LogP contribution in [-0.4, -0.2) is 45.4 Å². The van der Waals surface area contributed by atoms with Crippen LogP contribution in [0.1, 0.15) is 5.69 Å². The van der Waals surface area contributed by atoms with Crippen molar-refractivity contribution in [3.05, 3.63) is 54.0 Å². The molecule has 8 heteroatoms. The van der Waals surface area contributed by atoms with Crippen molar-refractivity contribution < 1.29 is 18.3 Å². The molecule has 0 radical (unpaired) electrons. The van der Waals surface area contributed by atoms with Crippen molar-refractivity contribution >= 4 is 11.6 Å². The molecule has 4 rings (SSSR count). The van der Waals surface area contributed by atoms with Crippen LogP contribution in [0, 0.1) is 17.1 Å². The summed E-state index contributed by atoms with van der Waals surface area (Å²) in [6, 6.07) is 14.2. The number of nitriles is 1. The van der Waals surface area contributed by atoms with E-state index in [1.807, 2.05) is 15.9 Å². The number of anilines is 2. The fraction of sp³-hybridized carbons (Fsp3) is 0.273. The Labute approximate surface area is 173 Å². The number of ether oxygens (including phenoxy) is 2. The molecule has 1 aliphatic heterocycles. The second kappa shape index (κ2) is 8.33. The summed E-state index contributed by atoms with van der Waals surface area (Å²) in [5.74, 6) is 1.66. The number of oxazole rings is 1. The first-order valence-corrected chi connectivity index (χ1v) is 9.52. The predicted molar refractivity (Wildman–Crippen MR) is 111 cm³/mol. The summed E-state index contributed by atoms with van der Waals surface area (Å²) in [6.45, 7) is 2.39. The first-order valence-electron chi connectivity index (χ1n) is 9.52. The quantitative estimate of drug-likeness (QED) is 0.637. The number of methoxy groups -OCH3 is 2. The number of nitrogens with zero attached hydrogens (tertiary/aromatic N) is 4. The minimum atomic E-state index is -0.237. The molecule has 2 aromatic carbocycles. The number of hydrogen-bond acceptors (Lipinski definition) is 7. The van der Waals surface area contributed by atoms with Gasteiger partial charge in [-0.3, -0.25) is 0 Å². The second-order valence-corrected chi connectivity index (χ2v) is 6.78. The van der Waals surface area contributed by atoms with Crippen LogP contribution in [0.4, 0.5) is 16.0 Å². The topological polar surface area (TPSA) is 74.8 Å². The van der Waals surface area contributed by atoms with Crippen LogP contribution < -0.4 is 19.3 Å². The van der Waals surface area contributed by atoms with Gasteiger partial charge in [0.15, 0.2) is 11.5 Å². The Morgan fingerprint density at radius 1 is 1.00 bits per heavy atom. The Balaban J connectivity index is 1.56. The van der Waals surface area contributed by atoms with E-state index in [0.717, 1.165) is 0 Å². The maximum absolute atomic E-state index is 14.1. The zero-order valence-corrected chi connectivity index (χ0v) is 16.8. The molecule has 0 N–H and O–H groups in total. The SMILES string of the molecule is COc1ccc(-c2nc(C#N)c(N3CCN(c4ccccc4F)CC3)o2)cc1OC. The van der Waals surface area contributed by atoms with Gasteiger partial charge in [0.25, 0.3) is 0 Å². The van der Waals surface area contributed by atoms with Gasteiger partial charge in [-0.2, -0.15) is 10.2 Å². The summed E-state index contributed by atoms with van der Waals surface area (Å²) < 4.78 is 30.6. The van der Waals surface area contributed by atoms with Gasteiger partial charge in [-0.05, 0) is 30.3 Å². The van der Waals surface area contributed by atoms with Gasteiger partial charge in [-0.15, -0.1) is 0 Å². The molecule has 0 amide bonds. The van der Waals surface area contributed by atoms with Crippen molar-refractivity contribution in [3.8, 4) is 29.0 Å². The van der Waals surface area contributed by atoms with E-state index >= 15 is 0 Å². The largest absolute Gasteiger partial charge is 0.493 e. The first-order chi connectivity index (χ1) is 14.6. The average Bonchev–Trinajstić information content (AvgIpc) is 3.23. The lowest BCUT2D eigenvalue weighted by Crippen LogP contribution is -2.47. The molecular formula is C22H21FN4O3. The molecule has 0 unspecified atom stereocenters. The Morgan fingerprint density at radius 2 is 1.70 bits per heavy atom. The van der Waals surface area contributed by atoms with Gasteiger partial charge in [0.1, 0.15) is 11.9 Å². The van der Waals surface area contributed by atoms with E-state index in [-0.39, 0.29) is 11.5 Å². The number of halogens is 1. The predicted octanol–water partition coefficient (Wildman–Crippen LogP) is 3.70. The van der Waals surface area contributed by atoms with Crippen molar-refractivity contribution in [1.29, 1.82) is 5.26 Å². The lowest BCUT2D eigenvalue weighted by Gasteiger charge is -2.36. The molecule has 2 heterocycles. The molecular weight excluding hydrogens is 387 g/mol. The Morgan fingerprint density at radius 3 is 2.37 bits per heavy atom. The van der Waals surface area contributed by atoms with Gasteiger partial charge >= 0.3 is 0 Å². The Bertz CT molecular complexity index is 1080. The number of rotatable bonds is 5. The molecule has 0 aliphatic carbocycles. The van der Waals surface area contributed by atoms with E-state index in [2.05, 4.69) is 11.1 Å². The first kappa shape index (κ1) is 19.6. The molecule has 0 saturated carbocycles. The molecule has 1 aromatic heterocycles. The lowest BCUT2D eigenvalue weighted by molar-refractivity contribution is 0.355. The van der Waals surface area contributed by atoms with Crippen molar-refractivity contribution in [2.45, 2.75) is 0 Å². The van der Waals surface area contributed by atoms with E-state index in [0.29, 0.717) is 60.7 Å². The van der Waals surface area contributed by atoms with Crippen molar-refractivity contribution in [3.63, 3.8) is 0 Å². The Hall–Kier alpha value is -3.73. The zero-order chi connectivity index (χ0) is 21.1. The smallest absolute Gasteiger partial charge is 0.235 e. The van der Waals surface area contributed by atoms with Crippen LogP contribution >= 0.6 is 0 Å². The van der Waals surface area contributed by atoms with Crippen molar-refractivity contribution in [1.82, 2.24) is 4.98 Å². The number of para-hydroxylation sites is 1. The zero-order valence-electron chi connectivity index (χ0n) is 16.8. The second-order valence-electron chi connectivity index (χ2n) is 6.78. The van der Waals surface area contributed by atoms with E-state index in [4.69, 9.17) is 13.9 Å². The van der Waals surface area contributed by atoms with E-state index in [1.54, 1.807) is 44.6 Å². The van der Waals surface area contributed by atoms with Crippen LogP contribution in [0.2, 0.25) is 0 Å². The van der Waals surface area contributed by atoms with Crippen LogP contribution in [0.25, 0.3) is 11.5 Å². The highest BCUT2D eigenvalue weighted by Gasteiger charge is 2.26. The van der Waals surface area contributed by atoms with Crippen molar-refractivity contribution in [2.24, 2.45) is 0 Å². The molecule has 0 bridgehead atoms. The maximum Gasteiger partial charge on any atom is 0.235 e. The van der Waals surface area contributed by atoms with Gasteiger partial charge in [-0.25, -0.2) is 4.39 Å². The molecule has 30 heavy (non-hydrogen) atoms. The standard InChI is InChI=1S/C22H21FN4O3/c1-28-19-8-7-15(13-20(19)29-2)21-25-17(14-24)22(30-21)27-11-9-26(10-12-27)18-6-4-3-5-16(18)23/h3-8,13H,9-12H2,1-2H3. The minimum absolute atomic E-state index is 0.221. The van der Waals surface area contributed by atoms with Gasteiger partial charge in [0, 0.05) is 31.7 Å². The maximum atomic E-state index is 14.1. The van der Waals surface area contributed by atoms with Gasteiger partial charge in [0.05, 0.1) is 19.9 Å². The highest BCUT2D eigenvalue weighted by atomic mass is 19.1. The van der Waals surface area contributed by atoms with E-state index in [9.17, 15) is 9.65 Å². The van der Waals surface area contributed by atoms with Crippen LogP contribution in [0.5, 0.6) is 11.5 Å². The number of aromatic nitrogens is 1. The highest BCUT2D eigenvalue weighted by molar-refractivity contribution is 5.64. The van der Waals surface area contributed by atoms with Crippen molar-refractivity contribution in [2.75, 3.05) is 50.2 Å². The third kappa shape index (κ3) is 3.62. The molecule has 1 fully saturated rings. The number of piperazine rings is 1. The molecule has 1 saturated heterocycles. The number of benzene rings is 2. The van der Waals surface area contributed by atoms with E-state index < -0.39 is 0 Å². The van der Waals surface area contributed by atoms with Gasteiger partial charge in [0.2, 0.25) is 17.5 Å². The van der Waals surface area contributed by atoms with Gasteiger partial charge in [-0.1, -0.05) is 12.1 Å². The number of hydrogen-bond donors (Lipinski definition) is 0. The third-order valence-corrected chi connectivity index (χ3v) is 5.11. The Kier molecular flexibility index (Phi) is 5.44. The summed E-state index contributed by atoms with van der Waals surface area (Å²) in [7, 11) is 3.12. The third-order valence-electron chi connectivity index (χ3n) is 5.11. The summed E-state index contributed by atoms with van der Waals surface area (Å²) >= 11 is 0. The normalized spacial score (nSPS) is 13.8. The summed E-state index contributed by atoms with van der Waals surface area (Å²) in [5.41, 5.74) is 1.49. The fourth-order valence-corrected chi connectivity index (χ4v) is 3.55. The van der Waals surface area contributed by atoms with E-state index in [1.165, 1.54) is 6.07 Å².